The zero-order valence-electron chi connectivity index (χ0n) is 9.87. The number of amides is 1. The first-order chi connectivity index (χ1) is 8.58. The molecule has 0 radical (unpaired) electrons. The van der Waals surface area contributed by atoms with Gasteiger partial charge in [0.2, 0.25) is 5.91 Å². The molecule has 1 unspecified atom stereocenters. The molecule has 2 N–H and O–H groups in total. The summed E-state index contributed by atoms with van der Waals surface area (Å²) in [5.41, 5.74) is 0.669. The Morgan fingerprint density at radius 1 is 1.33 bits per heavy atom. The number of aromatic carboxylic acids is 1. The second-order valence-corrected chi connectivity index (χ2v) is 4.42. The first-order valence-electron chi connectivity index (χ1n) is 5.85. The largest absolute Gasteiger partial charge is 0.478 e. The molecule has 5 nitrogen and oxygen atoms in total. The van der Waals surface area contributed by atoms with Gasteiger partial charge in [-0.2, -0.15) is 0 Å². The van der Waals surface area contributed by atoms with E-state index in [1.54, 1.807) is 23.1 Å². The highest BCUT2D eigenvalue weighted by Gasteiger charge is 2.25. The Hall–Kier alpha value is -1.88. The molecular weight excluding hydrogens is 234 g/mol. The van der Waals surface area contributed by atoms with Gasteiger partial charge < -0.3 is 15.1 Å². The van der Waals surface area contributed by atoms with Crippen LogP contribution in [0.3, 0.4) is 0 Å². The van der Waals surface area contributed by atoms with Crippen molar-refractivity contribution in [2.75, 3.05) is 13.1 Å². The number of aliphatic hydroxyl groups is 1. The van der Waals surface area contributed by atoms with Gasteiger partial charge in [-0.1, -0.05) is 18.2 Å². The number of β-amino-alcohol motifs (C(OH)–C–C–N with tert-alkyl or cyclic N) is 1. The van der Waals surface area contributed by atoms with Crippen molar-refractivity contribution >= 4 is 11.9 Å². The van der Waals surface area contributed by atoms with E-state index >= 15 is 0 Å². The molecule has 2 rings (SSSR count). The fraction of sp³-hybridized carbons (Fsp3) is 0.385. The van der Waals surface area contributed by atoms with Crippen molar-refractivity contribution in [3.05, 3.63) is 35.4 Å². The zero-order chi connectivity index (χ0) is 13.1. The van der Waals surface area contributed by atoms with E-state index in [9.17, 15) is 14.7 Å². The van der Waals surface area contributed by atoms with E-state index in [2.05, 4.69) is 0 Å². The highest BCUT2D eigenvalue weighted by molar-refractivity contribution is 5.91. The van der Waals surface area contributed by atoms with Gasteiger partial charge in [-0.15, -0.1) is 0 Å². The number of benzene rings is 1. The Balaban J connectivity index is 2.09. The average molecular weight is 249 g/mol. The van der Waals surface area contributed by atoms with Gasteiger partial charge in [0.15, 0.2) is 0 Å². The smallest absolute Gasteiger partial charge is 0.335 e. The number of hydrogen-bond donors (Lipinski definition) is 2. The molecule has 96 valence electrons. The molecule has 1 aliphatic rings. The third-order valence-electron chi connectivity index (χ3n) is 3.11. The Morgan fingerprint density at radius 2 is 2.06 bits per heavy atom. The molecule has 1 aliphatic heterocycles. The maximum absolute atomic E-state index is 12.0. The van der Waals surface area contributed by atoms with Crippen LogP contribution in [0.5, 0.6) is 0 Å². The topological polar surface area (TPSA) is 77.8 Å². The summed E-state index contributed by atoms with van der Waals surface area (Å²) >= 11 is 0. The lowest BCUT2D eigenvalue weighted by molar-refractivity contribution is -0.129. The summed E-state index contributed by atoms with van der Waals surface area (Å²) in [5.74, 6) is -1.17. The standard InChI is InChI=1S/C13H15NO4/c15-10-5-6-14(8-10)12(16)7-9-3-1-2-4-11(9)13(17)18/h1-4,10,15H,5-8H2,(H,17,18). The quantitative estimate of drug-likeness (QED) is 0.818. The summed E-state index contributed by atoms with van der Waals surface area (Å²) in [6, 6.07) is 6.49. The lowest BCUT2D eigenvalue weighted by Crippen LogP contribution is -2.31. The van der Waals surface area contributed by atoms with Crippen LogP contribution in [0.1, 0.15) is 22.3 Å². The molecule has 18 heavy (non-hydrogen) atoms. The molecule has 1 fully saturated rings. The number of carboxylic acid groups (broad SMARTS) is 1. The van der Waals surface area contributed by atoms with Crippen LogP contribution < -0.4 is 0 Å². The van der Waals surface area contributed by atoms with Crippen molar-refractivity contribution in [2.45, 2.75) is 18.9 Å². The molecule has 1 atom stereocenters. The van der Waals surface area contributed by atoms with Crippen molar-refractivity contribution in [2.24, 2.45) is 0 Å². The summed E-state index contributed by atoms with van der Waals surface area (Å²) in [5, 5.41) is 18.4. The molecule has 0 spiro atoms. The average Bonchev–Trinajstić information content (AvgIpc) is 2.76. The number of likely N-dealkylation sites (tertiary alicyclic amines) is 1. The van der Waals surface area contributed by atoms with Crippen molar-refractivity contribution in [1.29, 1.82) is 0 Å². The SMILES string of the molecule is O=C(O)c1ccccc1CC(=O)N1CCC(O)C1. The van der Waals surface area contributed by atoms with E-state index in [-0.39, 0.29) is 17.9 Å². The van der Waals surface area contributed by atoms with Crippen LogP contribution in [0.2, 0.25) is 0 Å². The minimum absolute atomic E-state index is 0.0647. The van der Waals surface area contributed by atoms with Crippen LogP contribution >= 0.6 is 0 Å². The minimum atomic E-state index is -1.03. The maximum Gasteiger partial charge on any atom is 0.335 e. The number of hydrogen-bond acceptors (Lipinski definition) is 3. The third-order valence-corrected chi connectivity index (χ3v) is 3.11. The number of rotatable bonds is 3. The van der Waals surface area contributed by atoms with Crippen molar-refractivity contribution in [3.63, 3.8) is 0 Å². The van der Waals surface area contributed by atoms with Crippen LogP contribution in [0, 0.1) is 0 Å². The Morgan fingerprint density at radius 3 is 2.67 bits per heavy atom. The maximum atomic E-state index is 12.0. The molecule has 5 heteroatoms. The van der Waals surface area contributed by atoms with E-state index in [0.29, 0.717) is 25.1 Å². The molecule has 1 aromatic carbocycles. The van der Waals surface area contributed by atoms with Gasteiger partial charge in [-0.3, -0.25) is 4.79 Å². The van der Waals surface area contributed by atoms with Crippen LogP contribution in [-0.4, -0.2) is 46.2 Å². The molecule has 0 aromatic heterocycles. The molecule has 1 heterocycles. The summed E-state index contributed by atoms with van der Waals surface area (Å²) < 4.78 is 0. The second kappa shape index (κ2) is 5.18. The fourth-order valence-corrected chi connectivity index (χ4v) is 2.13. The number of aliphatic hydroxyl groups excluding tert-OH is 1. The minimum Gasteiger partial charge on any atom is -0.478 e. The van der Waals surface area contributed by atoms with Gasteiger partial charge in [-0.25, -0.2) is 4.79 Å². The van der Waals surface area contributed by atoms with Crippen LogP contribution in [0.25, 0.3) is 0 Å². The van der Waals surface area contributed by atoms with E-state index in [1.165, 1.54) is 6.07 Å². The number of nitrogens with zero attached hydrogens (tertiary/aromatic N) is 1. The van der Waals surface area contributed by atoms with Gasteiger partial charge in [0, 0.05) is 13.1 Å². The van der Waals surface area contributed by atoms with Gasteiger partial charge in [0.1, 0.15) is 0 Å². The number of carboxylic acids is 1. The van der Waals surface area contributed by atoms with Crippen molar-refractivity contribution < 1.29 is 19.8 Å². The normalized spacial score (nSPS) is 18.9. The molecule has 1 saturated heterocycles. The fourth-order valence-electron chi connectivity index (χ4n) is 2.13. The van der Waals surface area contributed by atoms with Gasteiger partial charge >= 0.3 is 5.97 Å². The van der Waals surface area contributed by atoms with E-state index in [4.69, 9.17) is 5.11 Å². The Bertz CT molecular complexity index is 472. The van der Waals surface area contributed by atoms with Crippen LogP contribution in [-0.2, 0) is 11.2 Å². The molecular formula is C13H15NO4. The first kappa shape index (κ1) is 12.6. The summed E-state index contributed by atoms with van der Waals surface area (Å²) in [4.78, 5) is 24.5. The molecule has 0 saturated carbocycles. The summed E-state index contributed by atoms with van der Waals surface area (Å²) in [7, 11) is 0. The highest BCUT2D eigenvalue weighted by atomic mass is 16.4. The van der Waals surface area contributed by atoms with Gasteiger partial charge in [0.05, 0.1) is 18.1 Å². The van der Waals surface area contributed by atoms with Crippen molar-refractivity contribution in [3.8, 4) is 0 Å². The van der Waals surface area contributed by atoms with Crippen LogP contribution in [0.4, 0.5) is 0 Å². The third kappa shape index (κ3) is 2.68. The van der Waals surface area contributed by atoms with E-state index in [1.807, 2.05) is 0 Å². The highest BCUT2D eigenvalue weighted by Crippen LogP contribution is 2.14. The lowest BCUT2D eigenvalue weighted by Gasteiger charge is -2.16. The zero-order valence-corrected chi connectivity index (χ0v) is 9.87. The van der Waals surface area contributed by atoms with E-state index in [0.717, 1.165) is 0 Å². The molecule has 0 bridgehead atoms. The monoisotopic (exact) mass is 249 g/mol. The Labute approximate surface area is 105 Å². The summed E-state index contributed by atoms with van der Waals surface area (Å²) in [6.07, 6.45) is 0.199. The molecule has 1 aromatic rings. The van der Waals surface area contributed by atoms with Gasteiger partial charge in [-0.05, 0) is 18.1 Å². The predicted molar refractivity (Wildman–Crippen MR) is 64.3 cm³/mol. The van der Waals surface area contributed by atoms with Crippen LogP contribution in [0.15, 0.2) is 24.3 Å². The predicted octanol–water partition coefficient (Wildman–Crippen LogP) is 0.521. The molecule has 0 aliphatic carbocycles. The Kier molecular flexibility index (Phi) is 3.62. The lowest BCUT2D eigenvalue weighted by atomic mass is 10.0. The first-order valence-corrected chi connectivity index (χ1v) is 5.85. The second-order valence-electron chi connectivity index (χ2n) is 4.42. The van der Waals surface area contributed by atoms with E-state index < -0.39 is 12.1 Å². The number of carbonyl (C=O) groups excluding carboxylic acids is 1. The van der Waals surface area contributed by atoms with Gasteiger partial charge in [0.25, 0.3) is 0 Å². The van der Waals surface area contributed by atoms with Crippen molar-refractivity contribution in [1.82, 2.24) is 4.90 Å². The molecule has 1 amide bonds. The summed E-state index contributed by atoms with van der Waals surface area (Å²) in [6.45, 7) is 0.878. The number of carbonyl (C=O) groups is 2.